The highest BCUT2D eigenvalue weighted by atomic mass is 16.5. The molecule has 0 amide bonds. The normalized spacial score (nSPS) is 16.1. The number of imidazole rings is 1. The maximum atomic E-state index is 6.05. The second-order valence-corrected chi connectivity index (χ2v) is 5.58. The highest BCUT2D eigenvalue weighted by Gasteiger charge is 2.31. The predicted octanol–water partition coefficient (Wildman–Crippen LogP) is 2.41. The van der Waals surface area contributed by atoms with Crippen molar-refractivity contribution >= 4 is 0 Å². The van der Waals surface area contributed by atoms with Crippen LogP contribution in [0.2, 0.25) is 0 Å². The molecule has 0 fully saturated rings. The molecule has 1 aromatic carbocycles. The summed E-state index contributed by atoms with van der Waals surface area (Å²) in [7, 11) is 0. The molecule has 19 heavy (non-hydrogen) atoms. The molecule has 0 aliphatic carbocycles. The van der Waals surface area contributed by atoms with Crippen molar-refractivity contribution in [2.75, 3.05) is 0 Å². The molecule has 1 aliphatic heterocycles. The van der Waals surface area contributed by atoms with E-state index in [1.54, 1.807) is 6.20 Å². The third-order valence-electron chi connectivity index (χ3n) is 3.34. The number of benzene rings is 1. The average molecular weight is 257 g/mol. The zero-order valence-corrected chi connectivity index (χ0v) is 11.4. The van der Waals surface area contributed by atoms with Crippen LogP contribution in [0.3, 0.4) is 0 Å². The number of para-hydroxylation sites is 1. The lowest BCUT2D eigenvalue weighted by Gasteiger charge is -2.18. The summed E-state index contributed by atoms with van der Waals surface area (Å²) in [4.78, 5) is 7.28. The van der Waals surface area contributed by atoms with E-state index in [1.807, 2.05) is 6.20 Å². The molecule has 1 aliphatic rings. The van der Waals surface area contributed by atoms with Crippen molar-refractivity contribution in [2.24, 2.45) is 0 Å². The van der Waals surface area contributed by atoms with Gasteiger partial charge in [0.25, 0.3) is 0 Å². The number of aromatic nitrogens is 2. The van der Waals surface area contributed by atoms with Gasteiger partial charge in [-0.25, -0.2) is 4.98 Å². The molecule has 4 heteroatoms. The van der Waals surface area contributed by atoms with Gasteiger partial charge in [0, 0.05) is 30.9 Å². The summed E-state index contributed by atoms with van der Waals surface area (Å²) in [5.41, 5.74) is 2.44. The number of nitrogens with one attached hydrogen (secondary N) is 2. The van der Waals surface area contributed by atoms with E-state index < -0.39 is 0 Å². The molecule has 2 aromatic rings. The Morgan fingerprint density at radius 3 is 3.05 bits per heavy atom. The number of nitrogens with zero attached hydrogens (tertiary/aromatic N) is 1. The SMILES string of the molecule is CC1(C)Cc2cccc(CNCc3ncc[nH]3)c2O1. The Morgan fingerprint density at radius 2 is 2.26 bits per heavy atom. The van der Waals surface area contributed by atoms with Gasteiger partial charge < -0.3 is 15.0 Å². The summed E-state index contributed by atoms with van der Waals surface area (Å²) in [6.07, 6.45) is 4.58. The van der Waals surface area contributed by atoms with Crippen molar-refractivity contribution in [2.45, 2.75) is 39.0 Å². The molecule has 0 atom stereocenters. The molecule has 0 spiro atoms. The maximum absolute atomic E-state index is 6.05. The molecular formula is C15H19N3O. The fourth-order valence-electron chi connectivity index (χ4n) is 2.53. The number of H-pyrrole nitrogens is 1. The minimum Gasteiger partial charge on any atom is -0.487 e. The van der Waals surface area contributed by atoms with Crippen molar-refractivity contribution in [3.8, 4) is 5.75 Å². The number of hydrogen-bond donors (Lipinski definition) is 2. The molecule has 3 rings (SSSR count). The van der Waals surface area contributed by atoms with Crippen LogP contribution < -0.4 is 10.1 Å². The molecule has 0 unspecified atom stereocenters. The standard InChI is InChI=1S/C15H19N3O/c1-15(2)8-11-4-3-5-12(14(11)19-15)9-16-10-13-17-6-7-18-13/h3-7,16H,8-10H2,1-2H3,(H,17,18). The molecule has 2 heterocycles. The van der Waals surface area contributed by atoms with E-state index in [1.165, 1.54) is 11.1 Å². The Morgan fingerprint density at radius 1 is 1.37 bits per heavy atom. The van der Waals surface area contributed by atoms with Gasteiger partial charge in [0.1, 0.15) is 17.2 Å². The summed E-state index contributed by atoms with van der Waals surface area (Å²) in [5.74, 6) is 2.01. The quantitative estimate of drug-likeness (QED) is 0.884. The van der Waals surface area contributed by atoms with Crippen LogP contribution >= 0.6 is 0 Å². The number of hydrogen-bond acceptors (Lipinski definition) is 3. The van der Waals surface area contributed by atoms with Gasteiger partial charge >= 0.3 is 0 Å². The van der Waals surface area contributed by atoms with E-state index in [4.69, 9.17) is 4.74 Å². The lowest BCUT2D eigenvalue weighted by molar-refractivity contribution is 0.137. The minimum atomic E-state index is -0.0839. The van der Waals surface area contributed by atoms with Crippen molar-refractivity contribution in [3.05, 3.63) is 47.5 Å². The summed E-state index contributed by atoms with van der Waals surface area (Å²) >= 11 is 0. The second-order valence-electron chi connectivity index (χ2n) is 5.58. The first-order valence-electron chi connectivity index (χ1n) is 6.63. The van der Waals surface area contributed by atoms with Gasteiger partial charge in [-0.3, -0.25) is 0 Å². The highest BCUT2D eigenvalue weighted by molar-refractivity contribution is 5.45. The third kappa shape index (κ3) is 2.63. The Hall–Kier alpha value is -1.81. The smallest absolute Gasteiger partial charge is 0.127 e. The molecule has 2 N–H and O–H groups in total. The van der Waals surface area contributed by atoms with Crippen molar-refractivity contribution in [1.82, 2.24) is 15.3 Å². The van der Waals surface area contributed by atoms with Gasteiger partial charge in [-0.2, -0.15) is 0 Å². The van der Waals surface area contributed by atoms with E-state index in [-0.39, 0.29) is 5.60 Å². The van der Waals surface area contributed by atoms with Gasteiger partial charge in [0.05, 0.1) is 6.54 Å². The first kappa shape index (κ1) is 12.2. The predicted molar refractivity (Wildman–Crippen MR) is 74.0 cm³/mol. The fourth-order valence-corrected chi connectivity index (χ4v) is 2.53. The van der Waals surface area contributed by atoms with E-state index >= 15 is 0 Å². The van der Waals surface area contributed by atoms with Crippen LogP contribution in [0.1, 0.15) is 30.8 Å². The Balaban J connectivity index is 1.68. The van der Waals surface area contributed by atoms with Crippen LogP contribution in [-0.4, -0.2) is 15.6 Å². The number of aromatic amines is 1. The van der Waals surface area contributed by atoms with Crippen LogP contribution in [0.4, 0.5) is 0 Å². The van der Waals surface area contributed by atoms with E-state index in [9.17, 15) is 0 Å². The monoisotopic (exact) mass is 257 g/mol. The van der Waals surface area contributed by atoms with Gasteiger partial charge in [-0.1, -0.05) is 18.2 Å². The minimum absolute atomic E-state index is 0.0839. The number of rotatable bonds is 4. The molecule has 1 aromatic heterocycles. The summed E-state index contributed by atoms with van der Waals surface area (Å²) in [6, 6.07) is 6.38. The lowest BCUT2D eigenvalue weighted by atomic mass is 10.0. The topological polar surface area (TPSA) is 49.9 Å². The Labute approximate surface area is 113 Å². The first-order chi connectivity index (χ1) is 9.14. The van der Waals surface area contributed by atoms with E-state index in [0.29, 0.717) is 0 Å². The molecule has 100 valence electrons. The van der Waals surface area contributed by atoms with Crippen LogP contribution in [0.15, 0.2) is 30.6 Å². The van der Waals surface area contributed by atoms with Gasteiger partial charge in [0.15, 0.2) is 0 Å². The third-order valence-corrected chi connectivity index (χ3v) is 3.34. The summed E-state index contributed by atoms with van der Waals surface area (Å²) < 4.78 is 6.05. The molecule has 0 bridgehead atoms. The molecule has 4 nitrogen and oxygen atoms in total. The lowest BCUT2D eigenvalue weighted by Crippen LogP contribution is -2.25. The largest absolute Gasteiger partial charge is 0.487 e. The maximum Gasteiger partial charge on any atom is 0.127 e. The van der Waals surface area contributed by atoms with Gasteiger partial charge in [0.2, 0.25) is 0 Å². The average Bonchev–Trinajstić information content (AvgIpc) is 2.95. The molecule has 0 saturated carbocycles. The van der Waals surface area contributed by atoms with Crippen molar-refractivity contribution in [3.63, 3.8) is 0 Å². The van der Waals surface area contributed by atoms with Crippen molar-refractivity contribution < 1.29 is 4.74 Å². The van der Waals surface area contributed by atoms with Crippen LogP contribution in [0, 0.1) is 0 Å². The Bertz CT molecular complexity index is 561. The summed E-state index contributed by atoms with van der Waals surface area (Å²) in [5, 5.41) is 3.39. The number of ether oxygens (including phenoxy) is 1. The van der Waals surface area contributed by atoms with Gasteiger partial charge in [-0.05, 0) is 19.4 Å². The number of fused-ring (bicyclic) bond motifs is 1. The van der Waals surface area contributed by atoms with Crippen LogP contribution in [-0.2, 0) is 19.5 Å². The second kappa shape index (κ2) is 4.70. The van der Waals surface area contributed by atoms with E-state index in [2.05, 4.69) is 47.3 Å². The zero-order chi connectivity index (χ0) is 13.3. The first-order valence-corrected chi connectivity index (χ1v) is 6.63. The molecule has 0 radical (unpaired) electrons. The highest BCUT2D eigenvalue weighted by Crippen LogP contribution is 2.37. The van der Waals surface area contributed by atoms with Crippen LogP contribution in [0.5, 0.6) is 5.75 Å². The van der Waals surface area contributed by atoms with Crippen LogP contribution in [0.25, 0.3) is 0 Å². The van der Waals surface area contributed by atoms with Gasteiger partial charge in [-0.15, -0.1) is 0 Å². The van der Waals surface area contributed by atoms with E-state index in [0.717, 1.165) is 31.1 Å². The summed E-state index contributed by atoms with van der Waals surface area (Å²) in [6.45, 7) is 5.79. The Kier molecular flexibility index (Phi) is 3.03. The fraction of sp³-hybridized carbons (Fsp3) is 0.400. The molecular weight excluding hydrogens is 238 g/mol. The van der Waals surface area contributed by atoms with Crippen molar-refractivity contribution in [1.29, 1.82) is 0 Å². The molecule has 0 saturated heterocycles. The zero-order valence-electron chi connectivity index (χ0n) is 11.4.